The minimum Gasteiger partial charge on any atom is -0.439 e. The Kier molecular flexibility index (Phi) is 9.24. The van der Waals surface area contributed by atoms with Crippen LogP contribution < -0.4 is 4.74 Å². The predicted molar refractivity (Wildman–Crippen MR) is 91.0 cm³/mol. The molecule has 0 aliphatic rings. The summed E-state index contributed by atoms with van der Waals surface area (Å²) in [5, 5.41) is 1.07. The van der Waals surface area contributed by atoms with E-state index in [1.165, 1.54) is 19.3 Å². The van der Waals surface area contributed by atoms with Gasteiger partial charge < -0.3 is 4.74 Å². The van der Waals surface area contributed by atoms with E-state index in [0.717, 1.165) is 5.88 Å². The first-order valence-corrected chi connectivity index (χ1v) is 8.05. The maximum absolute atomic E-state index is 5.83. The Labute approximate surface area is 141 Å². The van der Waals surface area contributed by atoms with Crippen LogP contribution in [-0.4, -0.2) is 10.9 Å². The van der Waals surface area contributed by atoms with Crippen LogP contribution in [-0.2, 0) is 0 Å². The van der Waals surface area contributed by atoms with E-state index in [-0.39, 0.29) is 0 Å². The number of benzene rings is 1. The van der Waals surface area contributed by atoms with E-state index in [4.69, 9.17) is 39.5 Å². The lowest BCUT2D eigenvalue weighted by Crippen LogP contribution is -1.86. The second-order valence-corrected chi connectivity index (χ2v) is 5.52. The van der Waals surface area contributed by atoms with E-state index in [1.54, 1.807) is 30.5 Å². The number of hydrogen-bond acceptors (Lipinski definition) is 2. The fourth-order valence-corrected chi connectivity index (χ4v) is 2.16. The van der Waals surface area contributed by atoms with Gasteiger partial charge in [0.2, 0.25) is 5.88 Å². The van der Waals surface area contributed by atoms with Crippen molar-refractivity contribution >= 4 is 34.8 Å². The van der Waals surface area contributed by atoms with Crippen molar-refractivity contribution < 1.29 is 4.74 Å². The molecule has 5 heteroatoms. The van der Waals surface area contributed by atoms with Crippen molar-refractivity contribution in [2.75, 3.05) is 5.88 Å². The first-order valence-electron chi connectivity index (χ1n) is 6.76. The molecule has 0 N–H and O–H groups in total. The second-order valence-electron chi connectivity index (χ2n) is 4.27. The second kappa shape index (κ2) is 10.7. The predicted octanol–water partition coefficient (Wildman–Crippen LogP) is 6.60. The molecule has 1 aromatic heterocycles. The van der Waals surface area contributed by atoms with Crippen LogP contribution in [0.3, 0.4) is 0 Å². The third kappa shape index (κ3) is 8.15. The number of nitrogens with zero attached hydrogens (tertiary/aromatic N) is 1. The topological polar surface area (TPSA) is 22.1 Å². The van der Waals surface area contributed by atoms with Crippen molar-refractivity contribution in [1.82, 2.24) is 4.98 Å². The number of pyridine rings is 1. The number of halogens is 3. The van der Waals surface area contributed by atoms with Gasteiger partial charge in [-0.2, -0.15) is 0 Å². The van der Waals surface area contributed by atoms with Gasteiger partial charge in [-0.1, -0.05) is 49.0 Å². The summed E-state index contributed by atoms with van der Waals surface area (Å²) in [4.78, 5) is 4.02. The van der Waals surface area contributed by atoms with Gasteiger partial charge in [0, 0.05) is 28.2 Å². The summed E-state index contributed by atoms with van der Waals surface area (Å²) in [5.74, 6) is 1.91. The molecule has 2 aromatic rings. The number of ether oxygens (including phenoxy) is 1. The summed E-state index contributed by atoms with van der Waals surface area (Å²) >= 11 is 17.0. The van der Waals surface area contributed by atoms with Crippen molar-refractivity contribution in [3.05, 3.63) is 52.6 Å². The Morgan fingerprint density at radius 2 is 1.76 bits per heavy atom. The first kappa shape index (κ1) is 18.1. The third-order valence-corrected chi connectivity index (χ3v) is 3.14. The molecule has 0 atom stereocenters. The molecule has 2 rings (SSSR count). The fraction of sp³-hybridized carbons (Fsp3) is 0.312. The van der Waals surface area contributed by atoms with Crippen LogP contribution >= 0.6 is 34.8 Å². The van der Waals surface area contributed by atoms with Gasteiger partial charge in [-0.05, 0) is 30.7 Å². The molecule has 21 heavy (non-hydrogen) atoms. The molecule has 0 aliphatic heterocycles. The van der Waals surface area contributed by atoms with E-state index in [2.05, 4.69) is 11.9 Å². The molecule has 2 nitrogen and oxygen atoms in total. The Bertz CT molecular complexity index is 496. The lowest BCUT2D eigenvalue weighted by molar-refractivity contribution is 0.463. The Balaban J connectivity index is 0.000000315. The standard InChI is InChI=1S/C11H7Cl2NO.C5H11Cl/c12-8-5-9(13)7-10(6-8)15-11-3-1-2-4-14-11;1-2-3-4-5-6/h1-7H;2-5H2,1H3. The van der Waals surface area contributed by atoms with E-state index < -0.39 is 0 Å². The number of aromatic nitrogens is 1. The molecule has 114 valence electrons. The van der Waals surface area contributed by atoms with E-state index in [9.17, 15) is 0 Å². The molecule has 0 saturated heterocycles. The molecule has 0 amide bonds. The highest BCUT2D eigenvalue weighted by Crippen LogP contribution is 2.27. The maximum Gasteiger partial charge on any atom is 0.219 e. The largest absolute Gasteiger partial charge is 0.439 e. The zero-order chi connectivity index (χ0) is 15.5. The SMILES string of the molecule is CCCCCCl.Clc1cc(Cl)cc(Oc2ccccn2)c1. The van der Waals surface area contributed by atoms with Gasteiger partial charge in [0.05, 0.1) is 0 Å². The van der Waals surface area contributed by atoms with Gasteiger partial charge in [0.15, 0.2) is 0 Å². The van der Waals surface area contributed by atoms with Crippen LogP contribution in [0.25, 0.3) is 0 Å². The zero-order valence-corrected chi connectivity index (χ0v) is 14.1. The van der Waals surface area contributed by atoms with Crippen LogP contribution in [0.5, 0.6) is 11.6 Å². The van der Waals surface area contributed by atoms with E-state index in [0.29, 0.717) is 21.7 Å². The number of hydrogen-bond donors (Lipinski definition) is 0. The normalized spacial score (nSPS) is 9.71. The highest BCUT2D eigenvalue weighted by atomic mass is 35.5. The highest BCUT2D eigenvalue weighted by molar-refractivity contribution is 6.34. The smallest absolute Gasteiger partial charge is 0.219 e. The van der Waals surface area contributed by atoms with Crippen molar-refractivity contribution in [2.24, 2.45) is 0 Å². The van der Waals surface area contributed by atoms with Gasteiger partial charge in [0.1, 0.15) is 5.75 Å². The molecule has 0 unspecified atom stereocenters. The average Bonchev–Trinajstić information content (AvgIpc) is 2.46. The highest BCUT2D eigenvalue weighted by Gasteiger charge is 2.00. The third-order valence-electron chi connectivity index (χ3n) is 2.43. The van der Waals surface area contributed by atoms with Gasteiger partial charge in [-0.15, -0.1) is 11.6 Å². The maximum atomic E-state index is 5.83. The summed E-state index contributed by atoms with van der Waals surface area (Å²) in [6.45, 7) is 2.17. The fourth-order valence-electron chi connectivity index (χ4n) is 1.46. The summed E-state index contributed by atoms with van der Waals surface area (Å²) in [7, 11) is 0. The molecule has 0 fully saturated rings. The Hall–Kier alpha value is -0.960. The van der Waals surface area contributed by atoms with Crippen LogP contribution in [0.4, 0.5) is 0 Å². The quantitative estimate of drug-likeness (QED) is 0.449. The molecule has 0 spiro atoms. The first-order chi connectivity index (χ1) is 10.2. The summed E-state index contributed by atoms with van der Waals surface area (Å²) in [6, 6.07) is 10.4. The van der Waals surface area contributed by atoms with Gasteiger partial charge in [0.25, 0.3) is 0 Å². The van der Waals surface area contributed by atoms with Crippen molar-refractivity contribution in [1.29, 1.82) is 0 Å². The summed E-state index contributed by atoms with van der Waals surface area (Å²) in [5.41, 5.74) is 0. The molecule has 1 aromatic carbocycles. The lowest BCUT2D eigenvalue weighted by Gasteiger charge is -2.04. The number of alkyl halides is 1. The van der Waals surface area contributed by atoms with Crippen molar-refractivity contribution in [3.8, 4) is 11.6 Å². The van der Waals surface area contributed by atoms with Crippen molar-refractivity contribution in [2.45, 2.75) is 26.2 Å². The van der Waals surface area contributed by atoms with Crippen LogP contribution in [0, 0.1) is 0 Å². The van der Waals surface area contributed by atoms with Gasteiger partial charge in [-0.25, -0.2) is 4.98 Å². The van der Waals surface area contributed by atoms with Crippen LogP contribution in [0.1, 0.15) is 26.2 Å². The monoisotopic (exact) mass is 345 g/mol. The van der Waals surface area contributed by atoms with Crippen LogP contribution in [0.15, 0.2) is 42.6 Å². The number of unbranched alkanes of at least 4 members (excludes halogenated alkanes) is 2. The van der Waals surface area contributed by atoms with Crippen molar-refractivity contribution in [3.63, 3.8) is 0 Å². The number of rotatable bonds is 5. The van der Waals surface area contributed by atoms with E-state index in [1.807, 2.05) is 12.1 Å². The molecule has 0 radical (unpaired) electrons. The van der Waals surface area contributed by atoms with Gasteiger partial charge in [-0.3, -0.25) is 0 Å². The molecule has 0 saturated carbocycles. The molecule has 0 bridgehead atoms. The molecule has 1 heterocycles. The average molecular weight is 347 g/mol. The van der Waals surface area contributed by atoms with E-state index >= 15 is 0 Å². The molecular weight excluding hydrogens is 329 g/mol. The summed E-state index contributed by atoms with van der Waals surface area (Å²) < 4.78 is 5.46. The minimum absolute atomic E-state index is 0.510. The van der Waals surface area contributed by atoms with Gasteiger partial charge >= 0.3 is 0 Å². The summed E-state index contributed by atoms with van der Waals surface area (Å²) in [6.07, 6.45) is 5.38. The molecular formula is C16H18Cl3NO. The van der Waals surface area contributed by atoms with Crippen LogP contribution in [0.2, 0.25) is 10.0 Å². The molecule has 0 aliphatic carbocycles. The Morgan fingerprint density at radius 1 is 1.05 bits per heavy atom. The Morgan fingerprint density at radius 3 is 2.24 bits per heavy atom. The minimum atomic E-state index is 0.510. The zero-order valence-electron chi connectivity index (χ0n) is 11.9. The lowest BCUT2D eigenvalue weighted by atomic mass is 10.3.